The van der Waals surface area contributed by atoms with Crippen molar-refractivity contribution in [3.8, 4) is 0 Å². The normalized spacial score (nSPS) is 20.7. The molecule has 4 rings (SSSR count). The lowest BCUT2D eigenvalue weighted by Crippen LogP contribution is -2.49. The van der Waals surface area contributed by atoms with E-state index in [1.54, 1.807) is 23.3 Å². The van der Waals surface area contributed by atoms with Crippen molar-refractivity contribution in [1.29, 1.82) is 0 Å². The predicted octanol–water partition coefficient (Wildman–Crippen LogP) is 3.93. The zero-order chi connectivity index (χ0) is 22.2. The highest BCUT2D eigenvalue weighted by Crippen LogP contribution is 2.32. The Hall–Kier alpha value is -3.04. The number of nitrogens with zero attached hydrogens (tertiary/aromatic N) is 2. The number of amides is 2. The van der Waals surface area contributed by atoms with Crippen molar-refractivity contribution in [2.75, 3.05) is 11.9 Å². The second-order valence-corrected chi connectivity index (χ2v) is 7.72. The molecule has 2 aromatic carbocycles. The molecule has 2 aliphatic heterocycles. The summed E-state index contributed by atoms with van der Waals surface area (Å²) in [5.74, 6) is -0.864. The van der Waals surface area contributed by atoms with Gasteiger partial charge in [-0.1, -0.05) is 29.8 Å². The summed E-state index contributed by atoms with van der Waals surface area (Å²) in [5.41, 5.74) is 3.38. The standard InChI is InChI=1S/C21H18ClF3N4O2/c22-15-6-4-13(5-7-15)17-11-18-20(31)28(8-9-29(18)27-17)12-19(30)26-16-3-1-2-14(10-16)21(23,24)25/h1-10,17-18,27H,11-12H2,(H,26,30). The molecule has 0 aromatic heterocycles. The maximum atomic E-state index is 12.9. The summed E-state index contributed by atoms with van der Waals surface area (Å²) in [4.78, 5) is 26.4. The van der Waals surface area contributed by atoms with Crippen molar-refractivity contribution in [2.24, 2.45) is 0 Å². The second kappa shape index (κ2) is 8.24. The number of nitrogens with one attached hydrogen (secondary N) is 2. The SMILES string of the molecule is O=C(CN1C=CN2NC(c3ccc(Cl)cc3)CC2C1=O)Nc1cccc(C(F)(F)F)c1. The first kappa shape index (κ1) is 21.2. The maximum Gasteiger partial charge on any atom is 0.416 e. The van der Waals surface area contributed by atoms with E-state index < -0.39 is 23.7 Å². The van der Waals surface area contributed by atoms with Crippen LogP contribution in [0.3, 0.4) is 0 Å². The van der Waals surface area contributed by atoms with E-state index in [2.05, 4.69) is 10.7 Å². The quantitative estimate of drug-likeness (QED) is 0.741. The van der Waals surface area contributed by atoms with Crippen molar-refractivity contribution < 1.29 is 22.8 Å². The Bertz CT molecular complexity index is 1030. The van der Waals surface area contributed by atoms with E-state index in [0.29, 0.717) is 11.4 Å². The van der Waals surface area contributed by atoms with Crippen LogP contribution in [0.5, 0.6) is 0 Å². The molecule has 2 aliphatic rings. The number of hydrogen-bond donors (Lipinski definition) is 2. The van der Waals surface area contributed by atoms with E-state index in [1.807, 2.05) is 12.1 Å². The van der Waals surface area contributed by atoms with Crippen LogP contribution in [0.2, 0.25) is 5.02 Å². The third-order valence-electron chi connectivity index (χ3n) is 5.13. The molecule has 1 saturated heterocycles. The van der Waals surface area contributed by atoms with E-state index in [-0.39, 0.29) is 24.2 Å². The second-order valence-electron chi connectivity index (χ2n) is 7.28. The van der Waals surface area contributed by atoms with Crippen LogP contribution in [-0.2, 0) is 15.8 Å². The number of halogens is 4. The van der Waals surface area contributed by atoms with Crippen molar-refractivity contribution in [3.05, 3.63) is 77.1 Å². The highest BCUT2D eigenvalue weighted by Gasteiger charge is 2.40. The molecule has 6 nitrogen and oxygen atoms in total. The maximum absolute atomic E-state index is 12.9. The zero-order valence-electron chi connectivity index (χ0n) is 16.1. The minimum atomic E-state index is -4.51. The molecule has 2 heterocycles. The minimum Gasteiger partial charge on any atom is -0.325 e. The Morgan fingerprint density at radius 2 is 1.90 bits per heavy atom. The molecule has 2 atom stereocenters. The van der Waals surface area contributed by atoms with Crippen LogP contribution >= 0.6 is 11.6 Å². The molecule has 2 amide bonds. The number of alkyl halides is 3. The Morgan fingerprint density at radius 1 is 1.16 bits per heavy atom. The van der Waals surface area contributed by atoms with Crippen molar-refractivity contribution in [2.45, 2.75) is 24.7 Å². The molecule has 2 N–H and O–H groups in total. The molecule has 162 valence electrons. The first-order valence-electron chi connectivity index (χ1n) is 9.46. The Balaban J connectivity index is 1.39. The van der Waals surface area contributed by atoms with Gasteiger partial charge >= 0.3 is 6.18 Å². The molecule has 1 fully saturated rings. The molecule has 0 spiro atoms. The van der Waals surface area contributed by atoms with Gasteiger partial charge in [-0.15, -0.1) is 0 Å². The van der Waals surface area contributed by atoms with Gasteiger partial charge in [0.25, 0.3) is 5.91 Å². The van der Waals surface area contributed by atoms with Crippen LogP contribution in [0.25, 0.3) is 0 Å². The van der Waals surface area contributed by atoms with Gasteiger partial charge in [-0.05, 0) is 42.3 Å². The molecule has 0 saturated carbocycles. The van der Waals surface area contributed by atoms with E-state index in [0.717, 1.165) is 17.7 Å². The lowest BCUT2D eigenvalue weighted by molar-refractivity contribution is -0.137. The summed E-state index contributed by atoms with van der Waals surface area (Å²) < 4.78 is 38.5. The van der Waals surface area contributed by atoms with Crippen LogP contribution in [0.1, 0.15) is 23.6 Å². The molecule has 0 bridgehead atoms. The third kappa shape index (κ3) is 4.67. The van der Waals surface area contributed by atoms with E-state index >= 15 is 0 Å². The highest BCUT2D eigenvalue weighted by atomic mass is 35.5. The average molecular weight is 451 g/mol. The van der Waals surface area contributed by atoms with E-state index in [1.165, 1.54) is 23.2 Å². The van der Waals surface area contributed by atoms with Gasteiger partial charge in [0.1, 0.15) is 12.6 Å². The van der Waals surface area contributed by atoms with Gasteiger partial charge in [0, 0.05) is 23.1 Å². The number of fused-ring (bicyclic) bond motifs is 1. The van der Waals surface area contributed by atoms with Gasteiger partial charge in [0.05, 0.1) is 11.6 Å². The number of carbonyl (C=O) groups excluding carboxylic acids is 2. The number of anilines is 1. The molecule has 2 unspecified atom stereocenters. The van der Waals surface area contributed by atoms with Crippen molar-refractivity contribution in [3.63, 3.8) is 0 Å². The van der Waals surface area contributed by atoms with Gasteiger partial charge in [-0.25, -0.2) is 5.43 Å². The molecule has 10 heteroatoms. The predicted molar refractivity (Wildman–Crippen MR) is 108 cm³/mol. The molecule has 0 radical (unpaired) electrons. The zero-order valence-corrected chi connectivity index (χ0v) is 16.8. The average Bonchev–Trinajstić information content (AvgIpc) is 3.15. The third-order valence-corrected chi connectivity index (χ3v) is 5.39. The summed E-state index contributed by atoms with van der Waals surface area (Å²) in [6.45, 7) is -0.304. The monoisotopic (exact) mass is 450 g/mol. The molecule has 2 aromatic rings. The van der Waals surface area contributed by atoms with Gasteiger partial charge in [-0.2, -0.15) is 13.2 Å². The largest absolute Gasteiger partial charge is 0.416 e. The number of carbonyl (C=O) groups is 2. The van der Waals surface area contributed by atoms with Crippen molar-refractivity contribution >= 4 is 29.1 Å². The summed E-state index contributed by atoms with van der Waals surface area (Å²) >= 11 is 5.92. The number of benzene rings is 2. The molecule has 0 aliphatic carbocycles. The lowest BCUT2D eigenvalue weighted by atomic mass is 10.0. The van der Waals surface area contributed by atoms with E-state index in [9.17, 15) is 22.8 Å². The van der Waals surface area contributed by atoms with Crippen LogP contribution in [0, 0.1) is 0 Å². The molecular formula is C21H18ClF3N4O2. The first-order chi connectivity index (χ1) is 14.7. The van der Waals surface area contributed by atoms with Gasteiger partial charge < -0.3 is 15.2 Å². The Kier molecular flexibility index (Phi) is 5.63. The van der Waals surface area contributed by atoms with E-state index in [4.69, 9.17) is 11.6 Å². The summed E-state index contributed by atoms with van der Waals surface area (Å²) in [6.07, 6.45) is -0.871. The summed E-state index contributed by atoms with van der Waals surface area (Å²) in [6, 6.07) is 11.1. The summed E-state index contributed by atoms with van der Waals surface area (Å²) in [7, 11) is 0. The van der Waals surface area contributed by atoms with Gasteiger partial charge in [0.2, 0.25) is 5.91 Å². The highest BCUT2D eigenvalue weighted by molar-refractivity contribution is 6.30. The number of hydrogen-bond acceptors (Lipinski definition) is 4. The molecular weight excluding hydrogens is 433 g/mol. The van der Waals surface area contributed by atoms with Gasteiger partial charge in [-0.3, -0.25) is 9.59 Å². The Labute approximate surface area is 181 Å². The van der Waals surface area contributed by atoms with Gasteiger partial charge in [0.15, 0.2) is 0 Å². The van der Waals surface area contributed by atoms with Crippen molar-refractivity contribution in [1.82, 2.24) is 15.3 Å². The topological polar surface area (TPSA) is 64.7 Å². The van der Waals surface area contributed by atoms with Crippen LogP contribution < -0.4 is 10.7 Å². The number of rotatable bonds is 4. The van der Waals surface area contributed by atoms with Crippen LogP contribution in [0.15, 0.2) is 60.9 Å². The minimum absolute atomic E-state index is 0.0141. The number of hydrazine groups is 1. The van der Waals surface area contributed by atoms with Crippen LogP contribution in [-0.4, -0.2) is 34.3 Å². The smallest absolute Gasteiger partial charge is 0.325 e. The fraction of sp³-hybridized carbons (Fsp3) is 0.238. The lowest BCUT2D eigenvalue weighted by Gasteiger charge is -2.31. The molecule has 31 heavy (non-hydrogen) atoms. The summed E-state index contributed by atoms with van der Waals surface area (Å²) in [5, 5.41) is 4.73. The Morgan fingerprint density at radius 3 is 2.61 bits per heavy atom. The van der Waals surface area contributed by atoms with Crippen LogP contribution in [0.4, 0.5) is 18.9 Å². The first-order valence-corrected chi connectivity index (χ1v) is 9.84. The fourth-order valence-electron chi connectivity index (χ4n) is 3.61. The fourth-order valence-corrected chi connectivity index (χ4v) is 3.73.